The fourth-order valence-electron chi connectivity index (χ4n) is 2.64. The van der Waals surface area contributed by atoms with Gasteiger partial charge in [-0.25, -0.2) is 4.68 Å². The van der Waals surface area contributed by atoms with Crippen LogP contribution in [0, 0.1) is 0 Å². The molecule has 3 rings (SSSR count). The standard InChI is InChI=1S/C14H20N6/c1-19-8-3-5-12(7-9-19)16-13-4-2-6-14(10-13)20-11-15-17-18-20/h2,4,6,10-12,16H,3,5,7-9H2,1H3. The molecular weight excluding hydrogens is 252 g/mol. The molecule has 0 radical (unpaired) electrons. The van der Waals surface area contributed by atoms with Crippen molar-refractivity contribution < 1.29 is 0 Å². The average molecular weight is 272 g/mol. The Bertz CT molecular complexity index is 538. The molecule has 6 heteroatoms. The Labute approximate surface area is 118 Å². The number of benzene rings is 1. The molecule has 0 aliphatic carbocycles. The summed E-state index contributed by atoms with van der Waals surface area (Å²) in [6.45, 7) is 2.35. The molecule has 0 bridgehead atoms. The summed E-state index contributed by atoms with van der Waals surface area (Å²) in [6.07, 6.45) is 5.27. The molecule has 1 atom stereocenters. The van der Waals surface area contributed by atoms with Gasteiger partial charge in [0.1, 0.15) is 6.33 Å². The SMILES string of the molecule is CN1CCCC(Nc2cccc(-n3cnnn3)c2)CC1. The first-order valence-corrected chi connectivity index (χ1v) is 7.10. The number of hydrogen-bond acceptors (Lipinski definition) is 5. The Balaban J connectivity index is 1.70. The minimum atomic E-state index is 0.545. The highest BCUT2D eigenvalue weighted by atomic mass is 15.5. The van der Waals surface area contributed by atoms with Crippen LogP contribution in [0.25, 0.3) is 5.69 Å². The highest BCUT2D eigenvalue weighted by Gasteiger charge is 2.14. The summed E-state index contributed by atoms with van der Waals surface area (Å²) in [5, 5.41) is 14.9. The number of nitrogens with zero attached hydrogens (tertiary/aromatic N) is 5. The Hall–Kier alpha value is -1.95. The highest BCUT2D eigenvalue weighted by molar-refractivity contribution is 5.51. The van der Waals surface area contributed by atoms with Crippen molar-refractivity contribution in [1.82, 2.24) is 25.1 Å². The summed E-state index contributed by atoms with van der Waals surface area (Å²) in [6, 6.07) is 8.77. The molecule has 6 nitrogen and oxygen atoms in total. The number of hydrogen-bond donors (Lipinski definition) is 1. The number of rotatable bonds is 3. The normalized spacial score (nSPS) is 20.6. The van der Waals surface area contributed by atoms with Crippen molar-refractivity contribution in [2.24, 2.45) is 0 Å². The number of aromatic nitrogens is 4. The minimum absolute atomic E-state index is 0.545. The zero-order valence-electron chi connectivity index (χ0n) is 11.7. The first-order valence-electron chi connectivity index (χ1n) is 7.10. The maximum absolute atomic E-state index is 3.92. The summed E-state index contributed by atoms with van der Waals surface area (Å²) in [4.78, 5) is 2.40. The van der Waals surface area contributed by atoms with Crippen LogP contribution in [0.15, 0.2) is 30.6 Å². The topological polar surface area (TPSA) is 58.9 Å². The molecule has 106 valence electrons. The molecule has 1 aromatic heterocycles. The van der Waals surface area contributed by atoms with Crippen LogP contribution in [0.5, 0.6) is 0 Å². The van der Waals surface area contributed by atoms with E-state index in [2.05, 4.69) is 44.9 Å². The van der Waals surface area contributed by atoms with Gasteiger partial charge in [-0.2, -0.15) is 0 Å². The monoisotopic (exact) mass is 272 g/mol. The second-order valence-corrected chi connectivity index (χ2v) is 5.38. The summed E-state index contributed by atoms with van der Waals surface area (Å²) in [7, 11) is 2.20. The third-order valence-electron chi connectivity index (χ3n) is 3.78. The van der Waals surface area contributed by atoms with Crippen molar-refractivity contribution in [3.05, 3.63) is 30.6 Å². The molecule has 0 amide bonds. The largest absolute Gasteiger partial charge is 0.382 e. The third kappa shape index (κ3) is 3.14. The van der Waals surface area contributed by atoms with Gasteiger partial charge in [0.15, 0.2) is 0 Å². The summed E-state index contributed by atoms with van der Waals surface area (Å²) in [5.74, 6) is 0. The number of likely N-dealkylation sites (tertiary alicyclic amines) is 1. The van der Waals surface area contributed by atoms with Gasteiger partial charge in [-0.1, -0.05) is 6.07 Å². The average Bonchev–Trinajstić information content (AvgIpc) is 2.92. The number of nitrogens with one attached hydrogen (secondary N) is 1. The van der Waals surface area contributed by atoms with Crippen molar-refractivity contribution in [3.8, 4) is 5.69 Å². The van der Waals surface area contributed by atoms with E-state index in [-0.39, 0.29) is 0 Å². The molecule has 2 aromatic rings. The van der Waals surface area contributed by atoms with Crippen molar-refractivity contribution in [1.29, 1.82) is 0 Å². The maximum Gasteiger partial charge on any atom is 0.143 e. The Morgan fingerprint density at radius 3 is 3.05 bits per heavy atom. The number of anilines is 1. The van der Waals surface area contributed by atoms with E-state index < -0.39 is 0 Å². The van der Waals surface area contributed by atoms with Crippen LogP contribution >= 0.6 is 0 Å². The number of tetrazole rings is 1. The van der Waals surface area contributed by atoms with Gasteiger partial charge in [-0.15, -0.1) is 5.10 Å². The molecule has 1 unspecified atom stereocenters. The zero-order valence-corrected chi connectivity index (χ0v) is 11.7. The Kier molecular flexibility index (Phi) is 3.92. The molecule has 0 saturated carbocycles. The minimum Gasteiger partial charge on any atom is -0.382 e. The fraction of sp³-hybridized carbons (Fsp3) is 0.500. The van der Waals surface area contributed by atoms with E-state index in [4.69, 9.17) is 0 Å². The van der Waals surface area contributed by atoms with Gasteiger partial charge >= 0.3 is 0 Å². The van der Waals surface area contributed by atoms with Crippen LogP contribution in [-0.4, -0.2) is 51.3 Å². The molecule has 1 N–H and O–H groups in total. The van der Waals surface area contributed by atoms with Gasteiger partial charge in [-0.3, -0.25) is 0 Å². The lowest BCUT2D eigenvalue weighted by Gasteiger charge is -2.18. The van der Waals surface area contributed by atoms with Crippen molar-refractivity contribution in [2.45, 2.75) is 25.3 Å². The predicted octanol–water partition coefficient (Wildman–Crippen LogP) is 1.56. The highest BCUT2D eigenvalue weighted by Crippen LogP contribution is 2.18. The fourth-order valence-corrected chi connectivity index (χ4v) is 2.64. The predicted molar refractivity (Wildman–Crippen MR) is 77.9 cm³/mol. The molecule has 20 heavy (non-hydrogen) atoms. The van der Waals surface area contributed by atoms with E-state index in [9.17, 15) is 0 Å². The van der Waals surface area contributed by atoms with E-state index in [1.807, 2.05) is 12.1 Å². The molecule has 1 fully saturated rings. The first-order chi connectivity index (χ1) is 9.81. The third-order valence-corrected chi connectivity index (χ3v) is 3.78. The van der Waals surface area contributed by atoms with Crippen LogP contribution in [0.3, 0.4) is 0 Å². The lowest BCUT2D eigenvalue weighted by Crippen LogP contribution is -2.23. The van der Waals surface area contributed by atoms with E-state index >= 15 is 0 Å². The van der Waals surface area contributed by atoms with Gasteiger partial charge in [0.25, 0.3) is 0 Å². The van der Waals surface area contributed by atoms with Gasteiger partial charge in [0.2, 0.25) is 0 Å². The van der Waals surface area contributed by atoms with Crippen molar-refractivity contribution in [3.63, 3.8) is 0 Å². The molecule has 1 aromatic carbocycles. The van der Waals surface area contributed by atoms with Crippen LogP contribution in [-0.2, 0) is 0 Å². The van der Waals surface area contributed by atoms with Crippen LogP contribution < -0.4 is 5.32 Å². The van der Waals surface area contributed by atoms with Crippen molar-refractivity contribution >= 4 is 5.69 Å². The van der Waals surface area contributed by atoms with Crippen LogP contribution in [0.2, 0.25) is 0 Å². The van der Waals surface area contributed by atoms with Gasteiger partial charge in [-0.05, 0) is 68.0 Å². The molecule has 1 aliphatic rings. The van der Waals surface area contributed by atoms with E-state index in [1.54, 1.807) is 11.0 Å². The molecule has 0 spiro atoms. The van der Waals surface area contributed by atoms with Crippen LogP contribution in [0.1, 0.15) is 19.3 Å². The lowest BCUT2D eigenvalue weighted by atomic mass is 10.1. The zero-order chi connectivity index (χ0) is 13.8. The smallest absolute Gasteiger partial charge is 0.143 e. The van der Waals surface area contributed by atoms with Gasteiger partial charge < -0.3 is 10.2 Å². The second kappa shape index (κ2) is 6.00. The molecule has 1 saturated heterocycles. The van der Waals surface area contributed by atoms with E-state index in [0.717, 1.165) is 17.9 Å². The quantitative estimate of drug-likeness (QED) is 0.919. The molecule has 1 aliphatic heterocycles. The van der Waals surface area contributed by atoms with Gasteiger partial charge in [0.05, 0.1) is 5.69 Å². The summed E-state index contributed by atoms with van der Waals surface area (Å²) >= 11 is 0. The van der Waals surface area contributed by atoms with E-state index in [1.165, 1.54) is 25.8 Å². The summed E-state index contributed by atoms with van der Waals surface area (Å²) < 4.78 is 1.67. The molecule has 2 heterocycles. The maximum atomic E-state index is 3.92. The Morgan fingerprint density at radius 1 is 1.25 bits per heavy atom. The van der Waals surface area contributed by atoms with E-state index in [0.29, 0.717) is 6.04 Å². The Morgan fingerprint density at radius 2 is 2.20 bits per heavy atom. The van der Waals surface area contributed by atoms with Crippen molar-refractivity contribution in [2.75, 3.05) is 25.5 Å². The van der Waals surface area contributed by atoms with Crippen LogP contribution in [0.4, 0.5) is 5.69 Å². The second-order valence-electron chi connectivity index (χ2n) is 5.38. The molecular formula is C14H20N6. The van der Waals surface area contributed by atoms with Gasteiger partial charge in [0, 0.05) is 11.7 Å². The first kappa shape index (κ1) is 13.1. The lowest BCUT2D eigenvalue weighted by molar-refractivity contribution is 0.348. The summed E-state index contributed by atoms with van der Waals surface area (Å²) in [5.41, 5.74) is 2.11.